The Morgan fingerprint density at radius 2 is 1.73 bits per heavy atom. The van der Waals surface area contributed by atoms with Crippen molar-refractivity contribution >= 4 is 27.5 Å². The highest BCUT2D eigenvalue weighted by Crippen LogP contribution is 2.50. The maximum absolute atomic E-state index is 13.0. The van der Waals surface area contributed by atoms with Crippen molar-refractivity contribution in [3.8, 4) is 0 Å². The number of ether oxygens (including phenoxy) is 1. The fourth-order valence-corrected chi connectivity index (χ4v) is 5.39. The number of rotatable bonds is 5. The molecule has 2 fully saturated rings. The lowest BCUT2D eigenvalue weighted by Crippen LogP contribution is -2.40. The number of sulfonamides is 1. The number of amides is 1. The minimum absolute atomic E-state index is 0.102. The second kappa shape index (κ2) is 7.16. The lowest BCUT2D eigenvalue weighted by molar-refractivity contribution is -0.396. The molecule has 1 aromatic carbocycles. The third-order valence-corrected chi connectivity index (χ3v) is 7.13. The maximum Gasteiger partial charge on any atom is 0.410 e. The van der Waals surface area contributed by atoms with E-state index in [-0.39, 0.29) is 11.8 Å². The van der Waals surface area contributed by atoms with Gasteiger partial charge in [0.25, 0.3) is 11.4 Å². The monoisotopic (exact) mass is 442 g/mol. The fraction of sp³-hybridized carbons (Fsp3) is 0.588. The van der Waals surface area contributed by atoms with Crippen LogP contribution in [0.15, 0.2) is 23.1 Å². The van der Waals surface area contributed by atoms with Gasteiger partial charge in [0.1, 0.15) is 5.60 Å². The van der Waals surface area contributed by atoms with Crippen LogP contribution < -0.4 is 0 Å². The Balaban J connectivity index is 1.77. The van der Waals surface area contributed by atoms with Crippen LogP contribution in [0, 0.1) is 32.1 Å². The van der Waals surface area contributed by atoms with E-state index in [1.165, 1.54) is 11.9 Å². The molecule has 0 spiro atoms. The Hall–Kier alpha value is -2.80. The van der Waals surface area contributed by atoms with Crippen LogP contribution in [-0.4, -0.2) is 65.3 Å². The summed E-state index contributed by atoms with van der Waals surface area (Å²) in [6, 6.07) is 2.03. The van der Waals surface area contributed by atoms with E-state index >= 15 is 0 Å². The number of hydrogen-bond acceptors (Lipinski definition) is 8. The first-order valence-corrected chi connectivity index (χ1v) is 10.6. The van der Waals surface area contributed by atoms with Gasteiger partial charge >= 0.3 is 6.09 Å². The van der Waals surface area contributed by atoms with E-state index in [1.54, 1.807) is 20.8 Å². The molecule has 1 aliphatic carbocycles. The molecule has 1 amide bonds. The van der Waals surface area contributed by atoms with Crippen LogP contribution in [0.5, 0.6) is 0 Å². The van der Waals surface area contributed by atoms with E-state index in [0.29, 0.717) is 19.2 Å². The summed E-state index contributed by atoms with van der Waals surface area (Å²) >= 11 is 0. The second-order valence-corrected chi connectivity index (χ2v) is 10.4. The number of benzene rings is 1. The molecular formula is C17H22N4O8S. The van der Waals surface area contributed by atoms with Crippen LogP contribution in [-0.2, 0) is 14.8 Å². The van der Waals surface area contributed by atoms with Gasteiger partial charge < -0.3 is 9.64 Å². The van der Waals surface area contributed by atoms with Gasteiger partial charge in [0.15, 0.2) is 4.90 Å². The number of carbonyl (C=O) groups is 1. The van der Waals surface area contributed by atoms with Crippen LogP contribution in [0.2, 0.25) is 0 Å². The predicted octanol–water partition coefficient (Wildman–Crippen LogP) is 1.99. The SMILES string of the molecule is CN(C1[C@H]2CN(C(=O)OC(C)(C)C)C[C@@H]12)S(=O)(=O)c1ccc([N+](=O)[O-])cc1[N+](=O)[O-]. The number of carbonyl (C=O) groups excluding carboxylic acids is 1. The molecule has 12 nitrogen and oxygen atoms in total. The van der Waals surface area contributed by atoms with Crippen LogP contribution in [0.3, 0.4) is 0 Å². The number of piperidine rings is 1. The van der Waals surface area contributed by atoms with Gasteiger partial charge in [-0.15, -0.1) is 0 Å². The van der Waals surface area contributed by atoms with E-state index in [0.717, 1.165) is 16.4 Å². The van der Waals surface area contributed by atoms with Crippen molar-refractivity contribution in [1.82, 2.24) is 9.21 Å². The molecule has 164 valence electrons. The fourth-order valence-electron chi connectivity index (χ4n) is 3.81. The van der Waals surface area contributed by atoms with E-state index < -0.39 is 53.9 Å². The molecule has 0 bridgehead atoms. The average molecular weight is 442 g/mol. The topological polar surface area (TPSA) is 153 Å². The van der Waals surface area contributed by atoms with E-state index in [2.05, 4.69) is 0 Å². The summed E-state index contributed by atoms with van der Waals surface area (Å²) in [4.78, 5) is 33.5. The Morgan fingerprint density at radius 3 is 2.20 bits per heavy atom. The largest absolute Gasteiger partial charge is 0.444 e. The van der Waals surface area contributed by atoms with Gasteiger partial charge in [-0.2, -0.15) is 4.31 Å². The number of nitro benzene ring substituents is 2. The van der Waals surface area contributed by atoms with Gasteiger partial charge in [-0.1, -0.05) is 0 Å². The smallest absolute Gasteiger partial charge is 0.410 e. The number of hydrogen-bond donors (Lipinski definition) is 0. The zero-order valence-electron chi connectivity index (χ0n) is 16.8. The maximum atomic E-state index is 13.0. The van der Waals surface area contributed by atoms with Crippen molar-refractivity contribution < 1.29 is 27.8 Å². The molecule has 1 unspecified atom stereocenters. The van der Waals surface area contributed by atoms with Crippen molar-refractivity contribution in [2.45, 2.75) is 37.3 Å². The molecule has 3 rings (SSSR count). The molecule has 0 aromatic heterocycles. The van der Waals surface area contributed by atoms with Gasteiger partial charge in [0, 0.05) is 32.2 Å². The molecule has 3 atom stereocenters. The van der Waals surface area contributed by atoms with Crippen molar-refractivity contribution in [3.63, 3.8) is 0 Å². The van der Waals surface area contributed by atoms with Crippen molar-refractivity contribution in [2.24, 2.45) is 11.8 Å². The van der Waals surface area contributed by atoms with Crippen molar-refractivity contribution in [3.05, 3.63) is 38.4 Å². The van der Waals surface area contributed by atoms with Crippen LogP contribution in [0.25, 0.3) is 0 Å². The standard InChI is InChI=1S/C17H22N4O8S/c1-17(2,3)29-16(22)19-8-11-12(9-19)15(11)18(4)30(27,28)14-6-5-10(20(23)24)7-13(14)21(25)26/h5-7,11-12,15H,8-9H2,1-4H3/t11-,12+,15?. The highest BCUT2D eigenvalue weighted by Gasteiger charge is 2.61. The number of non-ortho nitro benzene ring substituents is 1. The Kier molecular flexibility index (Phi) is 5.23. The molecule has 13 heteroatoms. The van der Waals surface area contributed by atoms with Gasteiger partial charge in [-0.3, -0.25) is 20.2 Å². The molecular weight excluding hydrogens is 420 g/mol. The third-order valence-electron chi connectivity index (χ3n) is 5.23. The lowest BCUT2D eigenvalue weighted by Gasteiger charge is -2.27. The summed E-state index contributed by atoms with van der Waals surface area (Å²) in [5.41, 5.74) is -2.06. The first-order chi connectivity index (χ1) is 13.7. The molecule has 1 aromatic rings. The molecule has 1 saturated heterocycles. The van der Waals surface area contributed by atoms with E-state index in [4.69, 9.17) is 4.74 Å². The number of nitrogens with zero attached hydrogens (tertiary/aromatic N) is 4. The third kappa shape index (κ3) is 3.94. The van der Waals surface area contributed by atoms with Crippen molar-refractivity contribution in [1.29, 1.82) is 0 Å². The average Bonchev–Trinajstić information content (AvgIpc) is 3.10. The molecule has 1 aliphatic heterocycles. The zero-order chi connectivity index (χ0) is 22.6. The Bertz CT molecular complexity index is 1010. The zero-order valence-corrected chi connectivity index (χ0v) is 17.7. The van der Waals surface area contributed by atoms with Crippen LogP contribution >= 0.6 is 0 Å². The molecule has 30 heavy (non-hydrogen) atoms. The Morgan fingerprint density at radius 1 is 1.17 bits per heavy atom. The molecule has 1 saturated carbocycles. The van der Waals surface area contributed by atoms with Gasteiger partial charge in [0.05, 0.1) is 15.9 Å². The molecule has 0 N–H and O–H groups in total. The second-order valence-electron chi connectivity index (χ2n) is 8.39. The normalized spacial score (nSPS) is 23.2. The van der Waals surface area contributed by atoms with Crippen LogP contribution in [0.1, 0.15) is 20.8 Å². The predicted molar refractivity (Wildman–Crippen MR) is 103 cm³/mol. The highest BCUT2D eigenvalue weighted by atomic mass is 32.2. The first kappa shape index (κ1) is 21.9. The summed E-state index contributed by atoms with van der Waals surface area (Å²) in [5.74, 6) is -0.205. The van der Waals surface area contributed by atoms with Gasteiger partial charge in [-0.25, -0.2) is 13.2 Å². The molecule has 2 aliphatic rings. The number of likely N-dealkylation sites (tertiary alicyclic amines) is 1. The summed E-state index contributed by atoms with van der Waals surface area (Å²) in [6.45, 7) is 5.91. The van der Waals surface area contributed by atoms with Crippen LogP contribution in [0.4, 0.5) is 16.2 Å². The number of nitro groups is 2. The van der Waals surface area contributed by atoms with E-state index in [1.807, 2.05) is 0 Å². The minimum atomic E-state index is -4.27. The summed E-state index contributed by atoms with van der Waals surface area (Å²) in [5, 5.41) is 22.2. The molecule has 1 heterocycles. The van der Waals surface area contributed by atoms with Gasteiger partial charge in [0.2, 0.25) is 10.0 Å². The van der Waals surface area contributed by atoms with E-state index in [9.17, 15) is 33.4 Å². The summed E-state index contributed by atoms with van der Waals surface area (Å²) in [7, 11) is -2.95. The summed E-state index contributed by atoms with van der Waals surface area (Å²) < 4.78 is 32.4. The quantitative estimate of drug-likeness (QED) is 0.495. The summed E-state index contributed by atoms with van der Waals surface area (Å²) in [6.07, 6.45) is -0.468. The first-order valence-electron chi connectivity index (χ1n) is 9.13. The van der Waals surface area contributed by atoms with Gasteiger partial charge in [-0.05, 0) is 38.7 Å². The van der Waals surface area contributed by atoms with Crippen molar-refractivity contribution in [2.75, 3.05) is 20.1 Å². The highest BCUT2D eigenvalue weighted by molar-refractivity contribution is 7.89. The lowest BCUT2D eigenvalue weighted by atomic mass is 10.2. The Labute approximate surface area is 172 Å². The minimum Gasteiger partial charge on any atom is -0.444 e. The molecule has 0 radical (unpaired) electrons. The number of fused-ring (bicyclic) bond motifs is 1.